The van der Waals surface area contributed by atoms with E-state index in [4.69, 9.17) is 5.73 Å². The van der Waals surface area contributed by atoms with Gasteiger partial charge in [-0.1, -0.05) is 13.0 Å². The van der Waals surface area contributed by atoms with Crippen molar-refractivity contribution in [3.8, 4) is 0 Å². The van der Waals surface area contributed by atoms with E-state index in [2.05, 4.69) is 23.7 Å². The highest BCUT2D eigenvalue weighted by Gasteiger charge is 2.36. The molecule has 3 nitrogen and oxygen atoms in total. The maximum Gasteiger partial charge on any atom is 0.0235 e. The first-order valence-electron chi connectivity index (χ1n) is 7.58. The summed E-state index contributed by atoms with van der Waals surface area (Å²) >= 11 is 0. The summed E-state index contributed by atoms with van der Waals surface area (Å²) in [5.74, 6) is 0.878. The summed E-state index contributed by atoms with van der Waals surface area (Å²) in [6, 6.07) is 1.68. The summed E-state index contributed by atoms with van der Waals surface area (Å²) in [6.07, 6.45) is 7.97. The van der Waals surface area contributed by atoms with Crippen molar-refractivity contribution >= 4 is 0 Å². The molecule has 104 valence electrons. The van der Waals surface area contributed by atoms with Crippen LogP contribution in [0.3, 0.4) is 0 Å². The molecular formula is C15H29N3. The zero-order valence-electron chi connectivity index (χ0n) is 11.8. The zero-order chi connectivity index (χ0) is 13.0. The molecule has 2 aliphatic heterocycles. The maximum atomic E-state index is 6.16. The predicted octanol–water partition coefficient (Wildman–Crippen LogP) is 1.74. The van der Waals surface area contributed by atoms with E-state index in [-0.39, 0.29) is 6.04 Å². The number of nitrogens with one attached hydrogen (secondary N) is 1. The molecule has 0 saturated carbocycles. The van der Waals surface area contributed by atoms with Crippen molar-refractivity contribution in [3.05, 3.63) is 12.7 Å². The van der Waals surface area contributed by atoms with E-state index < -0.39 is 0 Å². The second-order valence-electron chi connectivity index (χ2n) is 6.00. The van der Waals surface area contributed by atoms with Crippen LogP contribution in [0, 0.1) is 5.92 Å². The molecule has 3 heteroatoms. The molecule has 0 aromatic carbocycles. The molecule has 0 aliphatic carbocycles. The molecule has 2 saturated heterocycles. The fraction of sp³-hybridized carbons (Fsp3) is 0.867. The first kappa shape index (κ1) is 14.0. The number of nitrogens with two attached hydrogens (primary N) is 1. The van der Waals surface area contributed by atoms with E-state index in [1.807, 2.05) is 6.08 Å². The van der Waals surface area contributed by atoms with Gasteiger partial charge >= 0.3 is 0 Å². The Kier molecular flexibility index (Phi) is 5.22. The molecule has 4 atom stereocenters. The first-order chi connectivity index (χ1) is 8.74. The minimum Gasteiger partial charge on any atom is -0.327 e. The second kappa shape index (κ2) is 6.69. The van der Waals surface area contributed by atoms with Crippen molar-refractivity contribution in [2.45, 2.75) is 57.2 Å². The van der Waals surface area contributed by atoms with Crippen LogP contribution in [0.1, 0.15) is 39.0 Å². The normalized spacial score (nSPS) is 31.9. The van der Waals surface area contributed by atoms with E-state index in [0.717, 1.165) is 24.8 Å². The molecule has 0 aromatic rings. The molecule has 3 N–H and O–H groups in total. The van der Waals surface area contributed by atoms with Crippen LogP contribution in [-0.2, 0) is 0 Å². The van der Waals surface area contributed by atoms with Gasteiger partial charge in [0.05, 0.1) is 0 Å². The van der Waals surface area contributed by atoms with Crippen LogP contribution in [0.15, 0.2) is 12.7 Å². The molecule has 0 bridgehead atoms. The van der Waals surface area contributed by atoms with Crippen molar-refractivity contribution in [1.29, 1.82) is 0 Å². The van der Waals surface area contributed by atoms with Crippen LogP contribution >= 0.6 is 0 Å². The van der Waals surface area contributed by atoms with Crippen LogP contribution in [0.5, 0.6) is 0 Å². The molecule has 2 aliphatic rings. The summed E-state index contributed by atoms with van der Waals surface area (Å²) in [4.78, 5) is 2.68. The standard InChI is InChI=1S/C15H29N3/c1-3-6-13(16)9-14(4-2)18-10-12-7-5-8-17-15(12)11-18/h3,12-15,17H,1,4-11,16H2,2H3. The lowest BCUT2D eigenvalue weighted by Gasteiger charge is -2.29. The Labute approximate surface area is 112 Å². The summed E-state index contributed by atoms with van der Waals surface area (Å²) < 4.78 is 0. The Morgan fingerprint density at radius 1 is 1.50 bits per heavy atom. The number of hydrogen-bond acceptors (Lipinski definition) is 3. The Hall–Kier alpha value is -0.380. The van der Waals surface area contributed by atoms with E-state index in [0.29, 0.717) is 6.04 Å². The topological polar surface area (TPSA) is 41.3 Å². The number of fused-ring (bicyclic) bond motifs is 1. The van der Waals surface area contributed by atoms with Gasteiger partial charge in [-0.05, 0) is 44.6 Å². The van der Waals surface area contributed by atoms with Crippen LogP contribution < -0.4 is 11.1 Å². The summed E-state index contributed by atoms with van der Waals surface area (Å²) in [6.45, 7) is 9.79. The summed E-state index contributed by atoms with van der Waals surface area (Å²) in [7, 11) is 0. The summed E-state index contributed by atoms with van der Waals surface area (Å²) in [5.41, 5.74) is 6.16. The molecule has 4 unspecified atom stereocenters. The zero-order valence-corrected chi connectivity index (χ0v) is 11.8. The van der Waals surface area contributed by atoms with Crippen molar-refractivity contribution in [2.75, 3.05) is 19.6 Å². The van der Waals surface area contributed by atoms with Gasteiger partial charge in [-0.25, -0.2) is 0 Å². The van der Waals surface area contributed by atoms with Gasteiger partial charge in [-0.15, -0.1) is 6.58 Å². The molecule has 2 fully saturated rings. The van der Waals surface area contributed by atoms with Gasteiger partial charge in [-0.3, -0.25) is 4.90 Å². The van der Waals surface area contributed by atoms with Gasteiger partial charge < -0.3 is 11.1 Å². The lowest BCUT2D eigenvalue weighted by atomic mass is 9.94. The molecule has 2 heterocycles. The predicted molar refractivity (Wildman–Crippen MR) is 77.6 cm³/mol. The third-order valence-corrected chi connectivity index (χ3v) is 4.66. The fourth-order valence-electron chi connectivity index (χ4n) is 3.61. The molecule has 18 heavy (non-hydrogen) atoms. The molecular weight excluding hydrogens is 222 g/mol. The van der Waals surface area contributed by atoms with Gasteiger partial charge in [0.2, 0.25) is 0 Å². The third-order valence-electron chi connectivity index (χ3n) is 4.66. The largest absolute Gasteiger partial charge is 0.327 e. The quantitative estimate of drug-likeness (QED) is 0.707. The molecule has 0 amide bonds. The van der Waals surface area contributed by atoms with E-state index in [1.54, 1.807) is 0 Å². The van der Waals surface area contributed by atoms with Crippen molar-refractivity contribution < 1.29 is 0 Å². The Morgan fingerprint density at radius 2 is 2.33 bits per heavy atom. The smallest absolute Gasteiger partial charge is 0.0235 e. The van der Waals surface area contributed by atoms with E-state index in [9.17, 15) is 0 Å². The van der Waals surface area contributed by atoms with Crippen molar-refractivity contribution in [2.24, 2.45) is 11.7 Å². The lowest BCUT2D eigenvalue weighted by Crippen LogP contribution is -2.42. The minimum atomic E-state index is 0.281. The Morgan fingerprint density at radius 3 is 3.00 bits per heavy atom. The first-order valence-corrected chi connectivity index (χ1v) is 7.58. The highest BCUT2D eigenvalue weighted by atomic mass is 15.2. The number of rotatable bonds is 6. The SMILES string of the molecule is C=CCC(N)CC(CC)N1CC2CCCNC2C1. The average Bonchev–Trinajstić information content (AvgIpc) is 2.79. The van der Waals surface area contributed by atoms with Gasteiger partial charge in [0.15, 0.2) is 0 Å². The minimum absolute atomic E-state index is 0.281. The molecule has 0 aromatic heterocycles. The van der Waals surface area contributed by atoms with E-state index >= 15 is 0 Å². The highest BCUT2D eigenvalue weighted by molar-refractivity contribution is 4.94. The Balaban J connectivity index is 1.86. The number of piperidine rings is 1. The second-order valence-corrected chi connectivity index (χ2v) is 6.00. The molecule has 0 radical (unpaired) electrons. The Bertz CT molecular complexity index is 252. The molecule has 2 rings (SSSR count). The van der Waals surface area contributed by atoms with Crippen LogP contribution in [0.25, 0.3) is 0 Å². The van der Waals surface area contributed by atoms with Crippen molar-refractivity contribution in [1.82, 2.24) is 10.2 Å². The highest BCUT2D eigenvalue weighted by Crippen LogP contribution is 2.28. The van der Waals surface area contributed by atoms with Gasteiger partial charge in [-0.2, -0.15) is 0 Å². The number of likely N-dealkylation sites (tertiary alicyclic amines) is 1. The number of nitrogens with zero attached hydrogens (tertiary/aromatic N) is 1. The molecule has 0 spiro atoms. The monoisotopic (exact) mass is 251 g/mol. The number of hydrogen-bond donors (Lipinski definition) is 2. The lowest BCUT2D eigenvalue weighted by molar-refractivity contribution is 0.205. The van der Waals surface area contributed by atoms with Gasteiger partial charge in [0, 0.05) is 31.2 Å². The van der Waals surface area contributed by atoms with Gasteiger partial charge in [0.1, 0.15) is 0 Å². The van der Waals surface area contributed by atoms with Crippen LogP contribution in [-0.4, -0.2) is 42.7 Å². The van der Waals surface area contributed by atoms with Crippen molar-refractivity contribution in [3.63, 3.8) is 0 Å². The van der Waals surface area contributed by atoms with Crippen LogP contribution in [0.2, 0.25) is 0 Å². The average molecular weight is 251 g/mol. The summed E-state index contributed by atoms with van der Waals surface area (Å²) in [5, 5.41) is 3.68. The van der Waals surface area contributed by atoms with E-state index in [1.165, 1.54) is 38.9 Å². The fourth-order valence-corrected chi connectivity index (χ4v) is 3.61. The third kappa shape index (κ3) is 3.34. The van der Waals surface area contributed by atoms with Crippen LogP contribution in [0.4, 0.5) is 0 Å². The maximum absolute atomic E-state index is 6.16. The van der Waals surface area contributed by atoms with Gasteiger partial charge in [0.25, 0.3) is 0 Å².